The number of furan rings is 1. The summed E-state index contributed by atoms with van der Waals surface area (Å²) in [5.41, 5.74) is 0.928. The number of aryl methyl sites for hydroxylation is 1. The van der Waals surface area contributed by atoms with Gasteiger partial charge >= 0.3 is 0 Å². The second-order valence-corrected chi connectivity index (χ2v) is 5.21. The summed E-state index contributed by atoms with van der Waals surface area (Å²) in [5, 5.41) is 3.40. The van der Waals surface area contributed by atoms with E-state index in [1.165, 1.54) is 0 Å². The van der Waals surface area contributed by atoms with Gasteiger partial charge in [0.1, 0.15) is 0 Å². The van der Waals surface area contributed by atoms with Crippen LogP contribution in [-0.4, -0.2) is 36.5 Å². The monoisotopic (exact) mass is 234 g/mol. The van der Waals surface area contributed by atoms with Gasteiger partial charge in [0.25, 0.3) is 5.91 Å². The summed E-state index contributed by atoms with van der Waals surface area (Å²) in [7, 11) is 0. The number of nitrogens with one attached hydrogen (secondary N) is 1. The molecule has 0 saturated carbocycles. The van der Waals surface area contributed by atoms with Crippen molar-refractivity contribution < 1.29 is 9.21 Å². The Balaban J connectivity index is 1.82. The first kappa shape index (κ1) is 10.8. The second-order valence-electron chi connectivity index (χ2n) is 5.21. The van der Waals surface area contributed by atoms with Crippen LogP contribution in [0.4, 0.5) is 0 Å². The Morgan fingerprint density at radius 3 is 3.00 bits per heavy atom. The van der Waals surface area contributed by atoms with Crippen LogP contribution in [0, 0.1) is 18.8 Å². The van der Waals surface area contributed by atoms with E-state index in [1.54, 1.807) is 6.26 Å². The first-order valence-corrected chi connectivity index (χ1v) is 6.24. The smallest absolute Gasteiger partial charge is 0.290 e. The molecule has 2 saturated heterocycles. The van der Waals surface area contributed by atoms with E-state index in [-0.39, 0.29) is 5.91 Å². The average molecular weight is 234 g/mol. The quantitative estimate of drug-likeness (QED) is 0.796. The van der Waals surface area contributed by atoms with Crippen LogP contribution < -0.4 is 5.32 Å². The van der Waals surface area contributed by atoms with Crippen molar-refractivity contribution in [1.29, 1.82) is 0 Å². The van der Waals surface area contributed by atoms with Gasteiger partial charge in [0, 0.05) is 31.2 Å². The molecule has 2 aliphatic rings. The summed E-state index contributed by atoms with van der Waals surface area (Å²) >= 11 is 0. The number of likely N-dealkylation sites (tertiary alicyclic amines) is 1. The summed E-state index contributed by atoms with van der Waals surface area (Å²) in [6.07, 6.45) is 1.59. The minimum atomic E-state index is 0.0504. The first-order chi connectivity index (χ1) is 8.18. The normalized spacial score (nSPS) is 31.9. The fourth-order valence-electron chi connectivity index (χ4n) is 3.16. The highest BCUT2D eigenvalue weighted by Crippen LogP contribution is 2.33. The molecule has 1 amide bonds. The van der Waals surface area contributed by atoms with Gasteiger partial charge in [-0.05, 0) is 31.7 Å². The zero-order chi connectivity index (χ0) is 12.0. The Hall–Kier alpha value is -1.29. The summed E-state index contributed by atoms with van der Waals surface area (Å²) < 4.78 is 5.30. The number of amides is 1. The third-order valence-corrected chi connectivity index (χ3v) is 4.25. The molecule has 92 valence electrons. The van der Waals surface area contributed by atoms with Crippen molar-refractivity contribution in [2.45, 2.75) is 19.9 Å². The highest BCUT2D eigenvalue weighted by atomic mass is 16.3. The van der Waals surface area contributed by atoms with Crippen molar-refractivity contribution in [3.63, 3.8) is 0 Å². The number of hydrogen-bond donors (Lipinski definition) is 1. The molecule has 3 rings (SSSR count). The molecule has 4 heteroatoms. The van der Waals surface area contributed by atoms with Crippen molar-refractivity contribution in [1.82, 2.24) is 10.2 Å². The predicted octanol–water partition coefficient (Wildman–Crippen LogP) is 1.27. The van der Waals surface area contributed by atoms with Crippen molar-refractivity contribution in [3.8, 4) is 0 Å². The maximum Gasteiger partial charge on any atom is 0.290 e. The lowest BCUT2D eigenvalue weighted by atomic mass is 9.95. The Morgan fingerprint density at radius 2 is 2.35 bits per heavy atom. The molecule has 1 aromatic heterocycles. The molecule has 3 atom stereocenters. The SMILES string of the molecule is Cc1ccoc1C(=O)N1CC2CNCC2C1C. The molecular formula is C13H18N2O2. The third kappa shape index (κ3) is 1.59. The number of fused-ring (bicyclic) bond motifs is 1. The molecule has 1 aromatic rings. The van der Waals surface area contributed by atoms with Gasteiger partial charge in [-0.25, -0.2) is 0 Å². The molecule has 0 bridgehead atoms. The van der Waals surface area contributed by atoms with Gasteiger partial charge in [0.2, 0.25) is 0 Å². The Morgan fingerprint density at radius 1 is 1.53 bits per heavy atom. The van der Waals surface area contributed by atoms with E-state index in [0.29, 0.717) is 23.6 Å². The summed E-state index contributed by atoms with van der Waals surface area (Å²) in [6.45, 7) is 6.99. The van der Waals surface area contributed by atoms with Crippen LogP contribution >= 0.6 is 0 Å². The van der Waals surface area contributed by atoms with Crippen LogP contribution in [0.3, 0.4) is 0 Å². The highest BCUT2D eigenvalue weighted by molar-refractivity contribution is 5.93. The fraction of sp³-hybridized carbons (Fsp3) is 0.615. The van der Waals surface area contributed by atoms with Crippen molar-refractivity contribution >= 4 is 5.91 Å². The molecule has 0 aliphatic carbocycles. The third-order valence-electron chi connectivity index (χ3n) is 4.25. The van der Waals surface area contributed by atoms with Crippen LogP contribution in [0.25, 0.3) is 0 Å². The summed E-state index contributed by atoms with van der Waals surface area (Å²) in [4.78, 5) is 14.4. The van der Waals surface area contributed by atoms with Gasteiger partial charge in [-0.15, -0.1) is 0 Å². The lowest BCUT2D eigenvalue weighted by Crippen LogP contribution is -2.38. The number of carbonyl (C=O) groups is 1. The Bertz CT molecular complexity index is 440. The standard InChI is InChI=1S/C13H18N2O2/c1-8-3-4-17-12(8)13(16)15-7-10-5-14-6-11(10)9(15)2/h3-4,9-11,14H,5-7H2,1-2H3. The van der Waals surface area contributed by atoms with Gasteiger partial charge in [-0.3, -0.25) is 4.79 Å². The molecule has 0 radical (unpaired) electrons. The van der Waals surface area contributed by atoms with E-state index >= 15 is 0 Å². The van der Waals surface area contributed by atoms with E-state index in [4.69, 9.17) is 4.42 Å². The lowest BCUT2D eigenvalue weighted by molar-refractivity contribution is 0.0695. The minimum absolute atomic E-state index is 0.0504. The van der Waals surface area contributed by atoms with Crippen molar-refractivity contribution in [3.05, 3.63) is 23.7 Å². The number of rotatable bonds is 1. The van der Waals surface area contributed by atoms with Gasteiger partial charge < -0.3 is 14.6 Å². The number of carbonyl (C=O) groups excluding carboxylic acids is 1. The van der Waals surface area contributed by atoms with E-state index in [1.807, 2.05) is 17.9 Å². The molecule has 17 heavy (non-hydrogen) atoms. The molecule has 4 nitrogen and oxygen atoms in total. The van der Waals surface area contributed by atoms with Crippen LogP contribution in [0.1, 0.15) is 23.0 Å². The first-order valence-electron chi connectivity index (χ1n) is 6.24. The summed E-state index contributed by atoms with van der Waals surface area (Å²) in [5.74, 6) is 1.78. The van der Waals surface area contributed by atoms with Crippen LogP contribution in [-0.2, 0) is 0 Å². The molecule has 0 aromatic carbocycles. The average Bonchev–Trinajstić information content (AvgIpc) is 2.96. The molecule has 2 aliphatic heterocycles. The number of nitrogens with zero attached hydrogens (tertiary/aromatic N) is 1. The second kappa shape index (κ2) is 3.88. The predicted molar refractivity (Wildman–Crippen MR) is 63.8 cm³/mol. The Kier molecular flexibility index (Phi) is 2.47. The lowest BCUT2D eigenvalue weighted by Gasteiger charge is -2.23. The van der Waals surface area contributed by atoms with Crippen LogP contribution in [0.2, 0.25) is 0 Å². The summed E-state index contributed by atoms with van der Waals surface area (Å²) in [6, 6.07) is 2.16. The Labute approximate surface area is 101 Å². The molecule has 1 N–H and O–H groups in total. The van der Waals surface area contributed by atoms with E-state index in [0.717, 1.165) is 25.2 Å². The minimum Gasteiger partial charge on any atom is -0.459 e. The zero-order valence-electron chi connectivity index (χ0n) is 10.3. The van der Waals surface area contributed by atoms with Crippen molar-refractivity contribution in [2.75, 3.05) is 19.6 Å². The maximum atomic E-state index is 12.4. The molecule has 3 heterocycles. The molecular weight excluding hydrogens is 216 g/mol. The topological polar surface area (TPSA) is 45.5 Å². The fourth-order valence-corrected chi connectivity index (χ4v) is 3.16. The van der Waals surface area contributed by atoms with E-state index in [2.05, 4.69) is 12.2 Å². The van der Waals surface area contributed by atoms with Gasteiger partial charge in [-0.2, -0.15) is 0 Å². The highest BCUT2D eigenvalue weighted by Gasteiger charge is 2.44. The molecule has 2 fully saturated rings. The largest absolute Gasteiger partial charge is 0.459 e. The van der Waals surface area contributed by atoms with Crippen LogP contribution in [0.15, 0.2) is 16.7 Å². The zero-order valence-corrected chi connectivity index (χ0v) is 10.3. The maximum absolute atomic E-state index is 12.4. The molecule has 3 unspecified atom stereocenters. The van der Waals surface area contributed by atoms with Gasteiger partial charge in [0.15, 0.2) is 5.76 Å². The van der Waals surface area contributed by atoms with Crippen LogP contribution in [0.5, 0.6) is 0 Å². The molecule has 0 spiro atoms. The van der Waals surface area contributed by atoms with Gasteiger partial charge in [-0.1, -0.05) is 0 Å². The van der Waals surface area contributed by atoms with E-state index < -0.39 is 0 Å². The number of hydrogen-bond acceptors (Lipinski definition) is 3. The van der Waals surface area contributed by atoms with E-state index in [9.17, 15) is 4.79 Å². The van der Waals surface area contributed by atoms with Crippen molar-refractivity contribution in [2.24, 2.45) is 11.8 Å². The van der Waals surface area contributed by atoms with Gasteiger partial charge in [0.05, 0.1) is 6.26 Å².